The van der Waals surface area contributed by atoms with Gasteiger partial charge < -0.3 is 5.11 Å². The van der Waals surface area contributed by atoms with Gasteiger partial charge in [-0.05, 0) is 24.3 Å². The molecule has 2 unspecified atom stereocenters. The minimum Gasteiger partial charge on any atom is -0.510 e. The maximum atomic E-state index is 12.2. The number of carbonyl (C=O) groups is 2. The van der Waals surface area contributed by atoms with Crippen LogP contribution in [0, 0.1) is 11.8 Å². The van der Waals surface area contributed by atoms with Crippen molar-refractivity contribution in [1.29, 1.82) is 0 Å². The highest BCUT2D eigenvalue weighted by Crippen LogP contribution is 2.42. The van der Waals surface area contributed by atoms with Crippen molar-refractivity contribution in [3.05, 3.63) is 33.8 Å². The van der Waals surface area contributed by atoms with Gasteiger partial charge in [-0.3, -0.25) is 9.59 Å². The zero-order chi connectivity index (χ0) is 14.1. The number of aliphatic hydroxyl groups is 1. The van der Waals surface area contributed by atoms with Gasteiger partial charge in [0.05, 0.1) is 4.88 Å². The number of aliphatic hydroxyl groups excluding tert-OH is 1. The van der Waals surface area contributed by atoms with E-state index in [4.69, 9.17) is 0 Å². The van der Waals surface area contributed by atoms with Gasteiger partial charge in [0.1, 0.15) is 5.76 Å². The van der Waals surface area contributed by atoms with Gasteiger partial charge >= 0.3 is 5.91 Å². The molecule has 1 N–H and O–H groups in total. The fourth-order valence-corrected chi connectivity index (χ4v) is 3.50. The number of amides is 1. The van der Waals surface area contributed by atoms with E-state index in [9.17, 15) is 14.7 Å². The minimum atomic E-state index is -0.483. The summed E-state index contributed by atoms with van der Waals surface area (Å²) in [7, 11) is 0. The number of hydrogen-bond donors (Lipinski definition) is 1. The van der Waals surface area contributed by atoms with Crippen molar-refractivity contribution in [1.82, 2.24) is 0 Å². The number of Topliss-reactive ketones (excluding diaryl/α,β-unsaturated/α-hetero) is 1. The Hall–Kier alpha value is -1.82. The van der Waals surface area contributed by atoms with E-state index in [0.29, 0.717) is 4.88 Å². The highest BCUT2D eigenvalue weighted by molar-refractivity contribution is 7.12. The molecule has 1 aromatic heterocycles. The smallest absolute Gasteiger partial charge is 0.305 e. The van der Waals surface area contributed by atoms with Gasteiger partial charge in [0.25, 0.3) is 0 Å². The molecule has 0 bridgehead atoms. The predicted molar refractivity (Wildman–Crippen MR) is 73.6 cm³/mol. The summed E-state index contributed by atoms with van der Waals surface area (Å²) in [6.45, 7) is 0. The molecule has 0 radical (unpaired) electrons. The third-order valence-corrected chi connectivity index (χ3v) is 4.76. The summed E-state index contributed by atoms with van der Waals surface area (Å²) in [5.74, 6) is -0.933. The molecule has 3 rings (SSSR count). The second-order valence-electron chi connectivity index (χ2n) is 5.08. The van der Waals surface area contributed by atoms with Crippen molar-refractivity contribution in [3.63, 3.8) is 0 Å². The Morgan fingerprint density at radius 1 is 1.30 bits per heavy atom. The minimum absolute atomic E-state index is 0.0161. The number of fused-ring (bicyclic) bond motifs is 1. The number of hydrogen-bond acceptors (Lipinski definition) is 5. The van der Waals surface area contributed by atoms with E-state index in [1.54, 1.807) is 17.5 Å². The summed E-state index contributed by atoms with van der Waals surface area (Å²) in [5.41, 5.74) is -0.0215. The molecule has 1 aromatic rings. The number of carbonyl (C=O) groups excluding carboxylic acids is 2. The molecule has 1 fully saturated rings. The first-order valence-electron chi connectivity index (χ1n) is 6.65. The summed E-state index contributed by atoms with van der Waals surface area (Å²) in [6, 6.07) is 3.40. The Labute approximate surface area is 120 Å². The van der Waals surface area contributed by atoms with Gasteiger partial charge in [-0.15, -0.1) is 21.6 Å². The van der Waals surface area contributed by atoms with Crippen molar-refractivity contribution in [2.75, 3.05) is 0 Å². The van der Waals surface area contributed by atoms with Crippen molar-refractivity contribution in [2.45, 2.75) is 25.7 Å². The predicted octanol–water partition coefficient (Wildman–Crippen LogP) is 3.50. The van der Waals surface area contributed by atoms with Crippen molar-refractivity contribution in [3.8, 4) is 0 Å². The molecular formula is C14H14N2O3S. The molecule has 20 heavy (non-hydrogen) atoms. The quantitative estimate of drug-likeness (QED) is 0.846. The van der Waals surface area contributed by atoms with E-state index in [-0.39, 0.29) is 29.1 Å². The van der Waals surface area contributed by atoms with Crippen LogP contribution in [-0.4, -0.2) is 16.8 Å². The first kappa shape index (κ1) is 13.2. The summed E-state index contributed by atoms with van der Waals surface area (Å²) < 4.78 is 0. The van der Waals surface area contributed by atoms with E-state index in [1.165, 1.54) is 11.3 Å². The molecule has 5 nitrogen and oxygen atoms in total. The Morgan fingerprint density at radius 3 is 2.70 bits per heavy atom. The van der Waals surface area contributed by atoms with Crippen molar-refractivity contribution >= 4 is 23.0 Å². The number of azo groups is 1. The van der Waals surface area contributed by atoms with Gasteiger partial charge in [0, 0.05) is 11.8 Å². The lowest BCUT2D eigenvalue weighted by molar-refractivity contribution is -0.120. The van der Waals surface area contributed by atoms with Gasteiger partial charge in [-0.25, -0.2) is 0 Å². The monoisotopic (exact) mass is 290 g/mol. The van der Waals surface area contributed by atoms with E-state index in [0.717, 1.165) is 25.7 Å². The number of allylic oxidation sites excluding steroid dienone is 2. The Morgan fingerprint density at radius 2 is 2.05 bits per heavy atom. The molecule has 1 heterocycles. The highest BCUT2D eigenvalue weighted by Gasteiger charge is 2.43. The maximum Gasteiger partial charge on any atom is 0.305 e. The van der Waals surface area contributed by atoms with Crippen LogP contribution in [0.4, 0.5) is 0 Å². The maximum absolute atomic E-state index is 12.2. The molecule has 0 aromatic carbocycles. The van der Waals surface area contributed by atoms with Gasteiger partial charge in [-0.1, -0.05) is 18.9 Å². The normalized spacial score (nSPS) is 26.3. The second kappa shape index (κ2) is 5.28. The van der Waals surface area contributed by atoms with Gasteiger partial charge in [0.15, 0.2) is 11.5 Å². The third-order valence-electron chi connectivity index (χ3n) is 3.90. The Kier molecular flexibility index (Phi) is 3.48. The number of rotatable bonds is 2. The summed E-state index contributed by atoms with van der Waals surface area (Å²) in [6.07, 6.45) is 3.60. The molecule has 2 atom stereocenters. The molecule has 0 aliphatic heterocycles. The van der Waals surface area contributed by atoms with E-state index in [2.05, 4.69) is 10.2 Å². The fraction of sp³-hybridized carbons (Fsp3) is 0.429. The molecule has 6 heteroatoms. The molecule has 0 saturated heterocycles. The summed E-state index contributed by atoms with van der Waals surface area (Å²) in [5, 5.41) is 19.2. The topological polar surface area (TPSA) is 79.1 Å². The zero-order valence-corrected chi connectivity index (χ0v) is 11.6. The first-order valence-corrected chi connectivity index (χ1v) is 7.53. The summed E-state index contributed by atoms with van der Waals surface area (Å²) in [4.78, 5) is 24.4. The van der Waals surface area contributed by atoms with E-state index in [1.807, 2.05) is 0 Å². The molecule has 2 aliphatic carbocycles. The van der Waals surface area contributed by atoms with Crippen LogP contribution in [0.5, 0.6) is 0 Å². The molecule has 1 saturated carbocycles. The number of ketones is 1. The number of nitrogens with zero attached hydrogens (tertiary/aromatic N) is 2. The van der Waals surface area contributed by atoms with Crippen LogP contribution in [0.3, 0.4) is 0 Å². The average molecular weight is 290 g/mol. The Bertz CT molecular complexity index is 604. The third kappa shape index (κ3) is 2.20. The van der Waals surface area contributed by atoms with E-state index < -0.39 is 5.91 Å². The van der Waals surface area contributed by atoms with E-state index >= 15 is 0 Å². The zero-order valence-electron chi connectivity index (χ0n) is 10.8. The fourth-order valence-electron chi connectivity index (χ4n) is 2.89. The van der Waals surface area contributed by atoms with Crippen LogP contribution >= 0.6 is 11.3 Å². The van der Waals surface area contributed by atoms with Gasteiger partial charge in [-0.2, -0.15) is 0 Å². The van der Waals surface area contributed by atoms with Crippen LogP contribution in [0.2, 0.25) is 0 Å². The van der Waals surface area contributed by atoms with Crippen molar-refractivity contribution in [2.24, 2.45) is 22.1 Å². The molecular weight excluding hydrogens is 276 g/mol. The van der Waals surface area contributed by atoms with Gasteiger partial charge in [0.2, 0.25) is 0 Å². The summed E-state index contributed by atoms with van der Waals surface area (Å²) >= 11 is 1.27. The molecule has 0 spiro atoms. The lowest BCUT2D eigenvalue weighted by atomic mass is 9.80. The first-order chi connectivity index (χ1) is 9.68. The van der Waals surface area contributed by atoms with Crippen LogP contribution in [0.25, 0.3) is 0 Å². The van der Waals surface area contributed by atoms with Crippen LogP contribution in [0.15, 0.2) is 39.2 Å². The molecule has 104 valence electrons. The largest absolute Gasteiger partial charge is 0.510 e. The standard InChI is InChI=1S/C14H14N2O3S/c17-12-8-4-1-2-5-9(8)13(18)11(12)15-16-14(19)10-6-3-7-20-10/h3,6-9,17H,1-2,4-5H2. The second-order valence-corrected chi connectivity index (χ2v) is 6.03. The molecule has 2 aliphatic rings. The lowest BCUT2D eigenvalue weighted by Crippen LogP contribution is -2.21. The number of thiophene rings is 1. The van der Waals surface area contributed by atoms with Crippen LogP contribution in [-0.2, 0) is 4.79 Å². The van der Waals surface area contributed by atoms with Crippen molar-refractivity contribution < 1.29 is 14.7 Å². The van der Waals surface area contributed by atoms with Crippen LogP contribution in [0.1, 0.15) is 35.4 Å². The highest BCUT2D eigenvalue weighted by atomic mass is 32.1. The Balaban J connectivity index is 1.81. The SMILES string of the molecule is O=C(N=NC1=C(O)C2CCCCC2C1=O)c1cccs1. The van der Waals surface area contributed by atoms with Crippen LogP contribution < -0.4 is 0 Å². The average Bonchev–Trinajstić information content (AvgIpc) is 3.07. The lowest BCUT2D eigenvalue weighted by Gasteiger charge is -2.23. The molecule has 1 amide bonds.